The number of rotatable bonds is 3. The summed E-state index contributed by atoms with van der Waals surface area (Å²) in [5.41, 5.74) is 1.98. The van der Waals surface area contributed by atoms with Crippen LogP contribution in [0.4, 0.5) is 0 Å². The molecule has 4 heteroatoms. The molecule has 0 aliphatic rings. The van der Waals surface area contributed by atoms with Crippen molar-refractivity contribution in [1.29, 1.82) is 0 Å². The van der Waals surface area contributed by atoms with Gasteiger partial charge in [0.05, 0.1) is 5.38 Å². The van der Waals surface area contributed by atoms with Crippen molar-refractivity contribution in [2.45, 2.75) is 13.3 Å². The first kappa shape index (κ1) is 13.9. The second-order valence-corrected chi connectivity index (χ2v) is 4.74. The summed E-state index contributed by atoms with van der Waals surface area (Å²) in [6, 6.07) is 9.44. The SMILES string of the molecule is Cc1csc(CC(=O)c2ccccc2)[n+]1C.[Cl-]. The quantitative estimate of drug-likeness (QED) is 0.533. The number of thiazole rings is 1. The van der Waals surface area contributed by atoms with Gasteiger partial charge >= 0.3 is 0 Å². The minimum atomic E-state index is 0. The van der Waals surface area contributed by atoms with Crippen LogP contribution >= 0.6 is 11.3 Å². The van der Waals surface area contributed by atoms with E-state index in [1.807, 2.05) is 44.3 Å². The van der Waals surface area contributed by atoms with E-state index in [1.165, 1.54) is 5.69 Å². The van der Waals surface area contributed by atoms with Gasteiger partial charge in [-0.2, -0.15) is 4.57 Å². The fourth-order valence-electron chi connectivity index (χ4n) is 1.53. The van der Waals surface area contributed by atoms with Gasteiger partial charge in [0, 0.05) is 12.5 Å². The number of carbonyl (C=O) groups is 1. The molecule has 0 amide bonds. The van der Waals surface area contributed by atoms with E-state index in [2.05, 4.69) is 9.95 Å². The van der Waals surface area contributed by atoms with Gasteiger partial charge in [-0.1, -0.05) is 41.7 Å². The molecule has 0 atom stereocenters. The number of hydrogen-bond donors (Lipinski definition) is 0. The molecular weight excluding hydrogens is 254 g/mol. The van der Waals surface area contributed by atoms with Crippen molar-refractivity contribution >= 4 is 17.1 Å². The Morgan fingerprint density at radius 2 is 1.94 bits per heavy atom. The van der Waals surface area contributed by atoms with Crippen LogP contribution < -0.4 is 17.0 Å². The molecule has 0 saturated carbocycles. The highest BCUT2D eigenvalue weighted by atomic mass is 35.5. The van der Waals surface area contributed by atoms with Gasteiger partial charge in [0.25, 0.3) is 0 Å². The molecule has 2 rings (SSSR count). The molecule has 0 unspecified atom stereocenters. The minimum absolute atomic E-state index is 0. The zero-order valence-electron chi connectivity index (χ0n) is 9.81. The van der Waals surface area contributed by atoms with E-state index in [1.54, 1.807) is 11.3 Å². The van der Waals surface area contributed by atoms with Crippen LogP contribution in [0.15, 0.2) is 35.7 Å². The van der Waals surface area contributed by atoms with E-state index >= 15 is 0 Å². The Morgan fingerprint density at radius 1 is 1.29 bits per heavy atom. The predicted octanol–water partition coefficient (Wildman–Crippen LogP) is -0.690. The van der Waals surface area contributed by atoms with Crippen LogP contribution in [0.1, 0.15) is 21.1 Å². The lowest BCUT2D eigenvalue weighted by atomic mass is 10.1. The van der Waals surface area contributed by atoms with Crippen LogP contribution in [0.2, 0.25) is 0 Å². The number of hydrogen-bond acceptors (Lipinski definition) is 2. The monoisotopic (exact) mass is 267 g/mol. The van der Waals surface area contributed by atoms with Gasteiger partial charge in [0.1, 0.15) is 13.5 Å². The molecule has 2 nitrogen and oxygen atoms in total. The third kappa shape index (κ3) is 3.14. The molecule has 1 aromatic heterocycles. The Kier molecular flexibility index (Phi) is 4.85. The molecule has 0 aliphatic carbocycles. The van der Waals surface area contributed by atoms with Crippen molar-refractivity contribution < 1.29 is 21.8 Å². The van der Waals surface area contributed by atoms with Crippen LogP contribution in [0, 0.1) is 6.92 Å². The normalized spacial score (nSPS) is 9.76. The Hall–Kier alpha value is -1.19. The first-order valence-electron chi connectivity index (χ1n) is 5.19. The lowest BCUT2D eigenvalue weighted by Gasteiger charge is -1.97. The summed E-state index contributed by atoms with van der Waals surface area (Å²) in [6.07, 6.45) is 0.485. The Balaban J connectivity index is 0.00000144. The Bertz CT molecular complexity index is 507. The van der Waals surface area contributed by atoms with Gasteiger partial charge in [-0.15, -0.1) is 0 Å². The van der Waals surface area contributed by atoms with Gasteiger partial charge in [-0.3, -0.25) is 4.79 Å². The molecule has 0 fully saturated rings. The van der Waals surface area contributed by atoms with E-state index in [-0.39, 0.29) is 18.2 Å². The van der Waals surface area contributed by atoms with E-state index < -0.39 is 0 Å². The molecule has 17 heavy (non-hydrogen) atoms. The Labute approximate surface area is 111 Å². The van der Waals surface area contributed by atoms with E-state index in [9.17, 15) is 4.79 Å². The lowest BCUT2D eigenvalue weighted by molar-refractivity contribution is -0.679. The molecular formula is C13H14ClNOS. The maximum absolute atomic E-state index is 12.0. The Morgan fingerprint density at radius 3 is 2.47 bits per heavy atom. The average Bonchev–Trinajstić information content (AvgIpc) is 2.62. The molecule has 0 N–H and O–H groups in total. The van der Waals surface area contributed by atoms with Crippen LogP contribution in [-0.2, 0) is 13.5 Å². The summed E-state index contributed by atoms with van der Waals surface area (Å²) < 4.78 is 2.07. The largest absolute Gasteiger partial charge is 1.00 e. The first-order chi connectivity index (χ1) is 7.68. The zero-order chi connectivity index (χ0) is 11.5. The van der Waals surface area contributed by atoms with Crippen LogP contribution in [-0.4, -0.2) is 5.78 Å². The molecule has 0 spiro atoms. The topological polar surface area (TPSA) is 20.9 Å². The molecule has 2 aromatic rings. The molecule has 1 aromatic carbocycles. The lowest BCUT2D eigenvalue weighted by Crippen LogP contribution is -3.00. The number of carbonyl (C=O) groups excluding carboxylic acids is 1. The number of nitrogens with zero attached hydrogens (tertiary/aromatic N) is 1. The van der Waals surface area contributed by atoms with Gasteiger partial charge < -0.3 is 12.4 Å². The fraction of sp³-hybridized carbons (Fsp3) is 0.231. The number of ketones is 1. The second-order valence-electron chi connectivity index (χ2n) is 3.80. The fourth-order valence-corrected chi connectivity index (χ4v) is 2.51. The summed E-state index contributed by atoms with van der Waals surface area (Å²) in [6.45, 7) is 2.05. The summed E-state index contributed by atoms with van der Waals surface area (Å²) in [5.74, 6) is 0.179. The van der Waals surface area contributed by atoms with Crippen molar-refractivity contribution in [1.82, 2.24) is 0 Å². The van der Waals surface area contributed by atoms with Crippen molar-refractivity contribution in [3.63, 3.8) is 0 Å². The third-order valence-electron chi connectivity index (χ3n) is 2.68. The van der Waals surface area contributed by atoms with Crippen LogP contribution in [0.3, 0.4) is 0 Å². The highest BCUT2D eigenvalue weighted by molar-refractivity contribution is 7.09. The second kappa shape index (κ2) is 5.94. The minimum Gasteiger partial charge on any atom is -1.00 e. The van der Waals surface area contributed by atoms with Gasteiger partial charge in [0.15, 0.2) is 11.5 Å². The first-order valence-corrected chi connectivity index (χ1v) is 6.07. The van der Waals surface area contributed by atoms with E-state index in [4.69, 9.17) is 0 Å². The number of benzene rings is 1. The zero-order valence-corrected chi connectivity index (χ0v) is 11.4. The van der Waals surface area contributed by atoms with Crippen molar-refractivity contribution in [2.24, 2.45) is 7.05 Å². The van der Waals surface area contributed by atoms with Crippen molar-refractivity contribution in [3.05, 3.63) is 52.0 Å². The molecule has 0 radical (unpaired) electrons. The highest BCUT2D eigenvalue weighted by Crippen LogP contribution is 2.10. The number of aryl methyl sites for hydroxylation is 1. The third-order valence-corrected chi connectivity index (χ3v) is 3.83. The van der Waals surface area contributed by atoms with E-state index in [0.717, 1.165) is 10.6 Å². The molecule has 0 saturated heterocycles. The van der Waals surface area contributed by atoms with Gasteiger partial charge in [-0.25, -0.2) is 0 Å². The summed E-state index contributed by atoms with van der Waals surface area (Å²) >= 11 is 1.64. The smallest absolute Gasteiger partial charge is 0.245 e. The summed E-state index contributed by atoms with van der Waals surface area (Å²) in [5, 5.41) is 3.18. The average molecular weight is 268 g/mol. The highest BCUT2D eigenvalue weighted by Gasteiger charge is 2.17. The maximum atomic E-state index is 12.0. The van der Waals surface area contributed by atoms with Crippen molar-refractivity contribution in [3.8, 4) is 0 Å². The molecule has 90 valence electrons. The van der Waals surface area contributed by atoms with E-state index in [0.29, 0.717) is 6.42 Å². The standard InChI is InChI=1S/C13H14NOS.ClH/c1-10-9-16-13(14(10)2)8-12(15)11-6-4-3-5-7-11;/h3-7,9H,8H2,1-2H3;1H/q+1;/p-1. The van der Waals surface area contributed by atoms with Crippen LogP contribution in [0.25, 0.3) is 0 Å². The van der Waals surface area contributed by atoms with Gasteiger partial charge in [0.2, 0.25) is 5.01 Å². The van der Waals surface area contributed by atoms with Gasteiger partial charge in [-0.05, 0) is 0 Å². The number of aromatic nitrogens is 1. The van der Waals surface area contributed by atoms with Crippen LogP contribution in [0.5, 0.6) is 0 Å². The van der Waals surface area contributed by atoms with Crippen molar-refractivity contribution in [2.75, 3.05) is 0 Å². The molecule has 0 aliphatic heterocycles. The predicted molar refractivity (Wildman–Crippen MR) is 64.7 cm³/mol. The molecule has 1 heterocycles. The number of halogens is 1. The molecule has 0 bridgehead atoms. The number of Topliss-reactive ketones (excluding diaryl/α,β-unsaturated/α-hetero) is 1. The maximum Gasteiger partial charge on any atom is 0.245 e. The summed E-state index contributed by atoms with van der Waals surface area (Å²) in [7, 11) is 2.00. The summed E-state index contributed by atoms with van der Waals surface area (Å²) in [4.78, 5) is 12.0.